The smallest absolute Gasteiger partial charge is 0.138 e. The maximum atomic E-state index is 4.38. The van der Waals surface area contributed by atoms with E-state index in [0.29, 0.717) is 0 Å². The normalized spacial score (nSPS) is 12.6. The van der Waals surface area contributed by atoms with E-state index in [-0.39, 0.29) is 6.04 Å². The first-order valence-corrected chi connectivity index (χ1v) is 7.00. The molecule has 1 N–H and O–H groups in total. The first-order chi connectivity index (χ1) is 9.65. The van der Waals surface area contributed by atoms with E-state index in [4.69, 9.17) is 0 Å². The highest BCUT2D eigenvalue weighted by Gasteiger charge is 2.17. The number of likely N-dealkylation sites (N-methyl/N-ethyl adjacent to an activating group) is 1. The standard InChI is InChI=1S/C14H22N6/c1-5-6-20-14(16-9-17-20)8-13(15-4)12-7-10(2)18-19-11(12)3/h7,9,13,15H,5-6,8H2,1-4H3. The molecule has 0 aliphatic carbocycles. The molecule has 0 aliphatic rings. The van der Waals surface area contributed by atoms with Gasteiger partial charge in [0.1, 0.15) is 12.2 Å². The summed E-state index contributed by atoms with van der Waals surface area (Å²) in [5, 5.41) is 15.9. The van der Waals surface area contributed by atoms with Crippen LogP contribution in [0.2, 0.25) is 0 Å². The zero-order valence-corrected chi connectivity index (χ0v) is 12.6. The summed E-state index contributed by atoms with van der Waals surface area (Å²) in [4.78, 5) is 4.38. The van der Waals surface area contributed by atoms with Gasteiger partial charge in [-0.3, -0.25) is 4.68 Å². The third-order valence-corrected chi connectivity index (χ3v) is 3.38. The minimum atomic E-state index is 0.170. The lowest BCUT2D eigenvalue weighted by atomic mass is 10.0. The van der Waals surface area contributed by atoms with E-state index in [0.717, 1.165) is 36.6 Å². The van der Waals surface area contributed by atoms with Crippen LogP contribution in [0.1, 0.15) is 42.2 Å². The van der Waals surface area contributed by atoms with Crippen LogP contribution in [0.15, 0.2) is 12.4 Å². The van der Waals surface area contributed by atoms with Gasteiger partial charge in [-0.25, -0.2) is 4.98 Å². The highest BCUT2D eigenvalue weighted by molar-refractivity contribution is 5.24. The van der Waals surface area contributed by atoms with Crippen molar-refractivity contribution in [1.29, 1.82) is 0 Å². The number of aryl methyl sites for hydroxylation is 3. The topological polar surface area (TPSA) is 68.5 Å². The van der Waals surface area contributed by atoms with E-state index in [2.05, 4.69) is 38.6 Å². The molecule has 1 atom stereocenters. The van der Waals surface area contributed by atoms with E-state index in [1.165, 1.54) is 5.56 Å². The molecule has 0 saturated heterocycles. The summed E-state index contributed by atoms with van der Waals surface area (Å²) in [5.41, 5.74) is 3.06. The highest BCUT2D eigenvalue weighted by Crippen LogP contribution is 2.19. The molecular weight excluding hydrogens is 252 g/mol. The van der Waals surface area contributed by atoms with Crippen molar-refractivity contribution in [3.05, 3.63) is 35.2 Å². The molecule has 0 radical (unpaired) electrons. The van der Waals surface area contributed by atoms with Gasteiger partial charge in [0.05, 0.1) is 11.4 Å². The van der Waals surface area contributed by atoms with Crippen LogP contribution < -0.4 is 5.32 Å². The molecule has 0 amide bonds. The van der Waals surface area contributed by atoms with Gasteiger partial charge in [-0.05, 0) is 38.9 Å². The van der Waals surface area contributed by atoms with Crippen molar-refractivity contribution in [3.8, 4) is 0 Å². The van der Waals surface area contributed by atoms with Gasteiger partial charge in [-0.1, -0.05) is 6.92 Å². The zero-order chi connectivity index (χ0) is 14.5. The Morgan fingerprint density at radius 3 is 2.80 bits per heavy atom. The van der Waals surface area contributed by atoms with Crippen LogP contribution in [-0.2, 0) is 13.0 Å². The molecule has 6 nitrogen and oxygen atoms in total. The summed E-state index contributed by atoms with van der Waals surface area (Å²) in [5.74, 6) is 1.00. The molecular formula is C14H22N6. The van der Waals surface area contributed by atoms with E-state index in [1.54, 1.807) is 6.33 Å². The number of aromatic nitrogens is 5. The second-order valence-corrected chi connectivity index (χ2v) is 4.97. The van der Waals surface area contributed by atoms with Crippen molar-refractivity contribution < 1.29 is 0 Å². The second kappa shape index (κ2) is 6.56. The average Bonchev–Trinajstić information content (AvgIpc) is 2.87. The summed E-state index contributed by atoms with van der Waals surface area (Å²) in [6.07, 6.45) is 3.47. The van der Waals surface area contributed by atoms with E-state index in [9.17, 15) is 0 Å². The third-order valence-electron chi connectivity index (χ3n) is 3.38. The van der Waals surface area contributed by atoms with Crippen LogP contribution in [0, 0.1) is 13.8 Å². The van der Waals surface area contributed by atoms with E-state index in [1.807, 2.05) is 25.6 Å². The Bertz CT molecular complexity index is 563. The summed E-state index contributed by atoms with van der Waals surface area (Å²) in [6, 6.07) is 2.26. The fourth-order valence-electron chi connectivity index (χ4n) is 2.32. The predicted octanol–water partition coefficient (Wildman–Crippen LogP) is 1.60. The fourth-order valence-corrected chi connectivity index (χ4v) is 2.32. The molecule has 2 aromatic heterocycles. The van der Waals surface area contributed by atoms with Crippen molar-refractivity contribution in [1.82, 2.24) is 30.3 Å². The number of hydrogen-bond donors (Lipinski definition) is 1. The Labute approximate surface area is 119 Å². The molecule has 0 fully saturated rings. The summed E-state index contributed by atoms with van der Waals surface area (Å²) in [7, 11) is 1.96. The van der Waals surface area contributed by atoms with Gasteiger partial charge in [0.15, 0.2) is 0 Å². The van der Waals surface area contributed by atoms with Crippen LogP contribution in [0.25, 0.3) is 0 Å². The largest absolute Gasteiger partial charge is 0.313 e. The van der Waals surface area contributed by atoms with Crippen LogP contribution in [0.5, 0.6) is 0 Å². The van der Waals surface area contributed by atoms with Crippen LogP contribution in [-0.4, -0.2) is 32.0 Å². The van der Waals surface area contributed by atoms with Gasteiger partial charge >= 0.3 is 0 Å². The Morgan fingerprint density at radius 1 is 1.30 bits per heavy atom. The van der Waals surface area contributed by atoms with Gasteiger partial charge in [-0.2, -0.15) is 15.3 Å². The van der Waals surface area contributed by atoms with E-state index < -0.39 is 0 Å². The van der Waals surface area contributed by atoms with Crippen molar-refractivity contribution >= 4 is 0 Å². The molecule has 20 heavy (non-hydrogen) atoms. The van der Waals surface area contributed by atoms with Gasteiger partial charge in [0.2, 0.25) is 0 Å². The monoisotopic (exact) mass is 274 g/mol. The van der Waals surface area contributed by atoms with Crippen LogP contribution >= 0.6 is 0 Å². The van der Waals surface area contributed by atoms with Gasteiger partial charge in [0.25, 0.3) is 0 Å². The van der Waals surface area contributed by atoms with Gasteiger partial charge in [-0.15, -0.1) is 0 Å². The Kier molecular flexibility index (Phi) is 4.79. The molecule has 2 heterocycles. The maximum Gasteiger partial charge on any atom is 0.138 e. The number of rotatable bonds is 6. The van der Waals surface area contributed by atoms with Gasteiger partial charge in [0, 0.05) is 19.0 Å². The average molecular weight is 274 g/mol. The predicted molar refractivity (Wildman–Crippen MR) is 77.3 cm³/mol. The minimum Gasteiger partial charge on any atom is -0.313 e. The fraction of sp³-hybridized carbons (Fsp3) is 0.571. The summed E-state index contributed by atoms with van der Waals surface area (Å²) >= 11 is 0. The summed E-state index contributed by atoms with van der Waals surface area (Å²) in [6.45, 7) is 6.99. The molecule has 0 aromatic carbocycles. The van der Waals surface area contributed by atoms with Crippen LogP contribution in [0.3, 0.4) is 0 Å². The Morgan fingerprint density at radius 2 is 2.10 bits per heavy atom. The Balaban J connectivity index is 2.24. The molecule has 0 saturated carbocycles. The first-order valence-electron chi connectivity index (χ1n) is 7.00. The van der Waals surface area contributed by atoms with Crippen molar-refractivity contribution in [2.45, 2.75) is 46.2 Å². The van der Waals surface area contributed by atoms with Crippen LogP contribution in [0.4, 0.5) is 0 Å². The molecule has 0 aliphatic heterocycles. The Hall–Kier alpha value is -1.82. The second-order valence-electron chi connectivity index (χ2n) is 4.97. The molecule has 2 rings (SSSR count). The minimum absolute atomic E-state index is 0.170. The van der Waals surface area contributed by atoms with Crippen molar-refractivity contribution in [2.75, 3.05) is 7.05 Å². The molecule has 0 bridgehead atoms. The lowest BCUT2D eigenvalue weighted by Gasteiger charge is -2.18. The molecule has 6 heteroatoms. The van der Waals surface area contributed by atoms with Crippen molar-refractivity contribution in [2.24, 2.45) is 0 Å². The summed E-state index contributed by atoms with van der Waals surface area (Å²) < 4.78 is 1.97. The lowest BCUT2D eigenvalue weighted by molar-refractivity contribution is 0.513. The zero-order valence-electron chi connectivity index (χ0n) is 12.6. The number of nitrogens with zero attached hydrogens (tertiary/aromatic N) is 5. The number of nitrogens with one attached hydrogen (secondary N) is 1. The third kappa shape index (κ3) is 3.19. The van der Waals surface area contributed by atoms with Gasteiger partial charge < -0.3 is 5.32 Å². The highest BCUT2D eigenvalue weighted by atomic mass is 15.3. The maximum absolute atomic E-state index is 4.38. The quantitative estimate of drug-likeness (QED) is 0.866. The lowest BCUT2D eigenvalue weighted by Crippen LogP contribution is -2.23. The molecule has 1 unspecified atom stereocenters. The first kappa shape index (κ1) is 14.6. The van der Waals surface area contributed by atoms with E-state index >= 15 is 0 Å². The molecule has 108 valence electrons. The molecule has 2 aromatic rings. The molecule has 0 spiro atoms. The number of hydrogen-bond acceptors (Lipinski definition) is 5. The van der Waals surface area contributed by atoms with Crippen molar-refractivity contribution in [3.63, 3.8) is 0 Å². The SMILES string of the molecule is CCCn1ncnc1CC(NC)c1cc(C)nnc1C.